The van der Waals surface area contributed by atoms with E-state index in [2.05, 4.69) is 48.7 Å². The number of methoxy groups -OCH3 is 1. The van der Waals surface area contributed by atoms with Crippen LogP contribution in [0, 0.1) is 0 Å². The molecule has 0 spiro atoms. The van der Waals surface area contributed by atoms with E-state index in [1.807, 2.05) is 48.5 Å². The number of hydrogen-bond acceptors (Lipinski definition) is 4. The minimum Gasteiger partial charge on any atom is -0.497 e. The molecule has 4 heteroatoms. The van der Waals surface area contributed by atoms with Crippen LogP contribution >= 0.6 is 23.5 Å². The highest BCUT2D eigenvalue weighted by molar-refractivity contribution is 8.14. The molecule has 3 aromatic carbocycles. The smallest absolute Gasteiger partial charge is 0.119 e. The summed E-state index contributed by atoms with van der Waals surface area (Å²) in [5.74, 6) is 0.832. The number of benzene rings is 3. The van der Waals surface area contributed by atoms with Crippen LogP contribution in [0.2, 0.25) is 0 Å². The lowest BCUT2D eigenvalue weighted by molar-refractivity contribution is 0.415. The highest BCUT2D eigenvalue weighted by Crippen LogP contribution is 2.29. The first-order valence-corrected chi connectivity index (χ1v) is 10.3. The Bertz CT molecular complexity index is 904. The Hall–Kier alpha value is -2.43. The lowest BCUT2D eigenvalue weighted by atomic mass is 10.3. The molecule has 0 bridgehead atoms. The highest BCUT2D eigenvalue weighted by atomic mass is 32.2. The van der Waals surface area contributed by atoms with Gasteiger partial charge in [0.15, 0.2) is 0 Å². The van der Waals surface area contributed by atoms with Crippen molar-refractivity contribution in [2.75, 3.05) is 7.11 Å². The molecule has 0 aliphatic carbocycles. The number of hydrogen-bond donors (Lipinski definition) is 0. The molecule has 0 N–H and O–H groups in total. The summed E-state index contributed by atoms with van der Waals surface area (Å²) in [5.41, 5.74) is 2.04. The van der Waals surface area contributed by atoms with Gasteiger partial charge in [0, 0.05) is 9.79 Å². The maximum absolute atomic E-state index is 5.24. The molecule has 27 heavy (non-hydrogen) atoms. The van der Waals surface area contributed by atoms with E-state index in [-0.39, 0.29) is 0 Å². The van der Waals surface area contributed by atoms with Gasteiger partial charge in [-0.3, -0.25) is 0 Å². The van der Waals surface area contributed by atoms with Crippen LogP contribution in [-0.2, 0) is 0 Å². The Morgan fingerprint density at radius 1 is 0.815 bits per heavy atom. The van der Waals surface area contributed by atoms with Crippen molar-refractivity contribution >= 4 is 34.3 Å². The van der Waals surface area contributed by atoms with E-state index in [0.29, 0.717) is 0 Å². The molecular formula is C23H21NOS2. The van der Waals surface area contributed by atoms with E-state index in [9.17, 15) is 0 Å². The average Bonchev–Trinajstić information content (AvgIpc) is 2.73. The van der Waals surface area contributed by atoms with Crippen LogP contribution in [0.15, 0.2) is 111 Å². The monoisotopic (exact) mass is 391 g/mol. The lowest BCUT2D eigenvalue weighted by Crippen LogP contribution is -1.94. The number of ether oxygens (including phenoxy) is 1. The molecule has 0 atom stereocenters. The first kappa shape index (κ1) is 19.3. The second kappa shape index (κ2) is 10.0. The van der Waals surface area contributed by atoms with E-state index < -0.39 is 0 Å². The summed E-state index contributed by atoms with van der Waals surface area (Å²) in [6, 6.07) is 28.5. The maximum atomic E-state index is 5.24. The Kier molecular flexibility index (Phi) is 7.19. The van der Waals surface area contributed by atoms with Crippen molar-refractivity contribution in [3.05, 3.63) is 95.9 Å². The van der Waals surface area contributed by atoms with Crippen molar-refractivity contribution in [1.29, 1.82) is 0 Å². The van der Waals surface area contributed by atoms with Crippen LogP contribution in [0.25, 0.3) is 0 Å². The van der Waals surface area contributed by atoms with E-state index in [1.54, 1.807) is 30.6 Å². The summed E-state index contributed by atoms with van der Waals surface area (Å²) in [4.78, 5) is 7.27. The average molecular weight is 392 g/mol. The SMILES string of the molecule is COc1ccc(/N=C(Sc2ccccc2)\C(C)=C\Sc2ccccc2)cc1. The Morgan fingerprint density at radius 2 is 1.41 bits per heavy atom. The molecule has 0 saturated carbocycles. The third-order valence-corrected chi connectivity index (χ3v) is 5.84. The fourth-order valence-corrected chi connectivity index (χ4v) is 3.97. The van der Waals surface area contributed by atoms with Crippen molar-refractivity contribution in [2.45, 2.75) is 16.7 Å². The lowest BCUT2D eigenvalue weighted by Gasteiger charge is -2.08. The molecule has 136 valence electrons. The van der Waals surface area contributed by atoms with Gasteiger partial charge in [0.25, 0.3) is 0 Å². The maximum Gasteiger partial charge on any atom is 0.119 e. The summed E-state index contributed by atoms with van der Waals surface area (Å²) in [7, 11) is 1.67. The van der Waals surface area contributed by atoms with Crippen LogP contribution in [0.5, 0.6) is 5.75 Å². The minimum atomic E-state index is 0.832. The molecule has 0 radical (unpaired) electrons. The quantitative estimate of drug-likeness (QED) is 0.252. The predicted molar refractivity (Wildman–Crippen MR) is 118 cm³/mol. The number of nitrogens with zero attached hydrogens (tertiary/aromatic N) is 1. The second-order valence-electron chi connectivity index (χ2n) is 5.76. The van der Waals surface area contributed by atoms with Crippen molar-refractivity contribution in [2.24, 2.45) is 4.99 Å². The molecular weight excluding hydrogens is 370 g/mol. The summed E-state index contributed by atoms with van der Waals surface area (Å²) in [6.07, 6.45) is 0. The van der Waals surface area contributed by atoms with Gasteiger partial charge in [-0.2, -0.15) is 0 Å². The van der Waals surface area contributed by atoms with Gasteiger partial charge in [-0.1, -0.05) is 59.9 Å². The fourth-order valence-electron chi connectivity index (χ4n) is 2.27. The molecule has 0 fully saturated rings. The molecule has 0 heterocycles. The zero-order valence-corrected chi connectivity index (χ0v) is 17.0. The molecule has 3 aromatic rings. The van der Waals surface area contributed by atoms with Gasteiger partial charge < -0.3 is 4.74 Å². The van der Waals surface area contributed by atoms with Crippen LogP contribution in [-0.4, -0.2) is 12.2 Å². The van der Waals surface area contributed by atoms with Gasteiger partial charge in [-0.15, -0.1) is 0 Å². The summed E-state index contributed by atoms with van der Waals surface area (Å²) in [6.45, 7) is 2.11. The zero-order chi connectivity index (χ0) is 18.9. The van der Waals surface area contributed by atoms with Crippen molar-refractivity contribution < 1.29 is 4.74 Å². The highest BCUT2D eigenvalue weighted by Gasteiger charge is 2.07. The zero-order valence-electron chi connectivity index (χ0n) is 15.3. The molecule has 0 amide bonds. The molecule has 0 aliphatic rings. The molecule has 0 aromatic heterocycles. The molecule has 0 aliphatic heterocycles. The number of aliphatic imine (C=N–C) groups is 1. The van der Waals surface area contributed by atoms with E-state index >= 15 is 0 Å². The fraction of sp³-hybridized carbons (Fsp3) is 0.0870. The standard InChI is InChI=1S/C23H21NOS2/c1-18(17-26-21-9-5-3-6-10-21)23(27-22-11-7-4-8-12-22)24-19-13-15-20(25-2)16-14-19/h3-17H,1-2H3/b18-17+,24-23+. The first-order valence-electron chi connectivity index (χ1n) is 8.59. The normalized spacial score (nSPS) is 12.1. The molecule has 3 rings (SSSR count). The Labute approximate surface area is 169 Å². The molecule has 0 saturated heterocycles. The van der Waals surface area contributed by atoms with E-state index in [1.165, 1.54) is 9.79 Å². The van der Waals surface area contributed by atoms with Gasteiger partial charge in [0.05, 0.1) is 12.8 Å². The topological polar surface area (TPSA) is 21.6 Å². The van der Waals surface area contributed by atoms with Crippen molar-refractivity contribution in [1.82, 2.24) is 0 Å². The Morgan fingerprint density at radius 3 is 2.00 bits per heavy atom. The third-order valence-electron chi connectivity index (χ3n) is 3.71. The van der Waals surface area contributed by atoms with Crippen LogP contribution in [0.1, 0.15) is 6.92 Å². The van der Waals surface area contributed by atoms with Crippen molar-refractivity contribution in [3.63, 3.8) is 0 Å². The van der Waals surface area contributed by atoms with Gasteiger partial charge in [0.2, 0.25) is 0 Å². The van der Waals surface area contributed by atoms with Gasteiger partial charge in [-0.05, 0) is 66.4 Å². The largest absolute Gasteiger partial charge is 0.497 e. The minimum absolute atomic E-state index is 0.832. The predicted octanol–water partition coefficient (Wildman–Crippen LogP) is 7.21. The van der Waals surface area contributed by atoms with Crippen molar-refractivity contribution in [3.8, 4) is 5.75 Å². The summed E-state index contributed by atoms with van der Waals surface area (Å²) >= 11 is 3.38. The van der Waals surface area contributed by atoms with E-state index in [0.717, 1.165) is 22.1 Å². The molecule has 0 unspecified atom stereocenters. The van der Waals surface area contributed by atoms with Gasteiger partial charge in [0.1, 0.15) is 10.8 Å². The number of rotatable bonds is 6. The van der Waals surface area contributed by atoms with Gasteiger partial charge in [-0.25, -0.2) is 4.99 Å². The Balaban J connectivity index is 1.87. The summed E-state index contributed by atoms with van der Waals surface area (Å²) in [5, 5.41) is 3.14. The summed E-state index contributed by atoms with van der Waals surface area (Å²) < 4.78 is 5.24. The van der Waals surface area contributed by atoms with E-state index in [4.69, 9.17) is 9.73 Å². The first-order chi connectivity index (χ1) is 13.2. The number of thioether (sulfide) groups is 2. The van der Waals surface area contributed by atoms with Crippen LogP contribution < -0.4 is 4.74 Å². The van der Waals surface area contributed by atoms with Gasteiger partial charge >= 0.3 is 0 Å². The van der Waals surface area contributed by atoms with Crippen LogP contribution in [0.4, 0.5) is 5.69 Å². The third kappa shape index (κ3) is 6.05. The molecule has 2 nitrogen and oxygen atoms in total. The second-order valence-corrected chi connectivity index (χ2v) is 7.77. The van der Waals surface area contributed by atoms with Crippen LogP contribution in [0.3, 0.4) is 0 Å².